The number of piperazine rings is 1. The second-order valence-electron chi connectivity index (χ2n) is 7.47. The lowest BCUT2D eigenvalue weighted by atomic mass is 9.93. The van der Waals surface area contributed by atoms with E-state index in [1.165, 1.54) is 7.11 Å². The standard InChI is InChI=1S/C22H23ClN2O3/c1-28-22(27)19-11-18-13-24(12-15-7-9-17(23)10-8-15)14-20(26)25(18)21(19)16-5-3-2-4-6-16/h2-10,18-19,21H,11-14H2,1H3/t18-,19-,21-/m0/s1. The molecule has 0 radical (unpaired) electrons. The van der Waals surface area contributed by atoms with Gasteiger partial charge in [0.05, 0.1) is 25.6 Å². The third kappa shape index (κ3) is 3.64. The van der Waals surface area contributed by atoms with Crippen LogP contribution in [0.1, 0.15) is 23.6 Å². The van der Waals surface area contributed by atoms with Crippen LogP contribution < -0.4 is 0 Å². The number of nitrogens with zero attached hydrogens (tertiary/aromatic N) is 2. The van der Waals surface area contributed by atoms with Gasteiger partial charge in [0.25, 0.3) is 0 Å². The molecule has 2 aliphatic rings. The molecule has 0 unspecified atom stereocenters. The predicted molar refractivity (Wildman–Crippen MR) is 107 cm³/mol. The Morgan fingerprint density at radius 1 is 1.14 bits per heavy atom. The molecule has 2 aromatic rings. The summed E-state index contributed by atoms with van der Waals surface area (Å²) in [7, 11) is 1.41. The smallest absolute Gasteiger partial charge is 0.311 e. The lowest BCUT2D eigenvalue weighted by molar-refractivity contribution is -0.147. The number of ether oxygens (including phenoxy) is 1. The Labute approximate surface area is 169 Å². The number of methoxy groups -OCH3 is 1. The third-order valence-corrected chi connectivity index (χ3v) is 5.93. The van der Waals surface area contributed by atoms with Gasteiger partial charge in [-0.15, -0.1) is 0 Å². The molecule has 146 valence electrons. The van der Waals surface area contributed by atoms with Gasteiger partial charge < -0.3 is 9.64 Å². The van der Waals surface area contributed by atoms with Gasteiger partial charge in [0.15, 0.2) is 0 Å². The van der Waals surface area contributed by atoms with Crippen LogP contribution in [-0.2, 0) is 20.9 Å². The van der Waals surface area contributed by atoms with Crippen molar-refractivity contribution in [3.63, 3.8) is 0 Å². The van der Waals surface area contributed by atoms with Crippen LogP contribution in [0.25, 0.3) is 0 Å². The predicted octanol–water partition coefficient (Wildman–Crippen LogP) is 3.29. The number of esters is 1. The van der Waals surface area contributed by atoms with Crippen LogP contribution in [0.2, 0.25) is 5.02 Å². The molecule has 2 aliphatic heterocycles. The van der Waals surface area contributed by atoms with Gasteiger partial charge >= 0.3 is 5.97 Å². The van der Waals surface area contributed by atoms with Gasteiger partial charge in [0.1, 0.15) is 0 Å². The van der Waals surface area contributed by atoms with Crippen LogP contribution >= 0.6 is 11.6 Å². The van der Waals surface area contributed by atoms with Crippen molar-refractivity contribution in [3.05, 3.63) is 70.7 Å². The Morgan fingerprint density at radius 2 is 1.86 bits per heavy atom. The summed E-state index contributed by atoms with van der Waals surface area (Å²) in [5.74, 6) is -0.525. The zero-order valence-electron chi connectivity index (χ0n) is 15.8. The SMILES string of the molecule is COC(=O)[C@H]1C[C@H]2CN(Cc3ccc(Cl)cc3)CC(=O)N2[C@H]1c1ccccc1. The molecular formula is C22H23ClN2O3. The van der Waals surface area contributed by atoms with E-state index in [4.69, 9.17) is 16.3 Å². The number of amides is 1. The van der Waals surface area contributed by atoms with E-state index in [2.05, 4.69) is 4.90 Å². The summed E-state index contributed by atoms with van der Waals surface area (Å²) >= 11 is 5.97. The summed E-state index contributed by atoms with van der Waals surface area (Å²) < 4.78 is 5.06. The lowest BCUT2D eigenvalue weighted by Gasteiger charge is -2.40. The summed E-state index contributed by atoms with van der Waals surface area (Å²) in [5, 5.41) is 0.701. The van der Waals surface area contributed by atoms with Gasteiger partial charge in [-0.05, 0) is 29.7 Å². The molecule has 0 N–H and O–H groups in total. The first kappa shape index (κ1) is 19.0. The Hall–Kier alpha value is -2.37. The maximum Gasteiger partial charge on any atom is 0.311 e. The van der Waals surface area contributed by atoms with Gasteiger partial charge in [0.2, 0.25) is 5.91 Å². The maximum atomic E-state index is 13.1. The molecule has 5 nitrogen and oxygen atoms in total. The largest absolute Gasteiger partial charge is 0.469 e. The normalized spacial score (nSPS) is 24.9. The van der Waals surface area contributed by atoms with Crippen LogP contribution in [0, 0.1) is 5.92 Å². The second kappa shape index (κ2) is 7.94. The third-order valence-electron chi connectivity index (χ3n) is 5.68. The molecule has 0 bridgehead atoms. The molecule has 3 atom stereocenters. The highest BCUT2D eigenvalue weighted by atomic mass is 35.5. The molecule has 4 rings (SSSR count). The summed E-state index contributed by atoms with van der Waals surface area (Å²) in [5.41, 5.74) is 2.10. The number of rotatable bonds is 4. The Kier molecular flexibility index (Phi) is 5.38. The number of carbonyl (C=O) groups is 2. The highest BCUT2D eigenvalue weighted by Crippen LogP contribution is 2.43. The molecule has 1 amide bonds. The first-order valence-electron chi connectivity index (χ1n) is 9.47. The van der Waals surface area contributed by atoms with Gasteiger partial charge in [0, 0.05) is 24.2 Å². The van der Waals surface area contributed by atoms with Crippen molar-refractivity contribution in [1.82, 2.24) is 9.80 Å². The van der Waals surface area contributed by atoms with Gasteiger partial charge in [-0.3, -0.25) is 14.5 Å². The molecule has 2 aromatic carbocycles. The molecular weight excluding hydrogens is 376 g/mol. The minimum absolute atomic E-state index is 0.00264. The average molecular weight is 399 g/mol. The van der Waals surface area contributed by atoms with E-state index >= 15 is 0 Å². The van der Waals surface area contributed by atoms with Crippen molar-refractivity contribution in [1.29, 1.82) is 0 Å². The first-order chi connectivity index (χ1) is 13.6. The van der Waals surface area contributed by atoms with Crippen LogP contribution in [0.5, 0.6) is 0 Å². The molecule has 0 aromatic heterocycles. The maximum absolute atomic E-state index is 13.1. The Bertz CT molecular complexity index is 856. The zero-order chi connectivity index (χ0) is 19.7. The summed E-state index contributed by atoms with van der Waals surface area (Å²) in [6, 6.07) is 17.2. The molecule has 0 aliphatic carbocycles. The molecule has 2 saturated heterocycles. The van der Waals surface area contributed by atoms with Crippen molar-refractivity contribution in [2.75, 3.05) is 20.2 Å². The molecule has 0 spiro atoms. The van der Waals surface area contributed by atoms with Crippen LogP contribution in [0.3, 0.4) is 0 Å². The van der Waals surface area contributed by atoms with Crippen molar-refractivity contribution in [3.8, 4) is 0 Å². The molecule has 0 saturated carbocycles. The van der Waals surface area contributed by atoms with Crippen LogP contribution in [0.4, 0.5) is 0 Å². The van der Waals surface area contributed by atoms with Crippen molar-refractivity contribution in [2.45, 2.75) is 25.0 Å². The second-order valence-corrected chi connectivity index (χ2v) is 7.91. The summed E-state index contributed by atoms with van der Waals surface area (Å²) in [6.07, 6.45) is 0.620. The minimum Gasteiger partial charge on any atom is -0.469 e. The summed E-state index contributed by atoms with van der Waals surface area (Å²) in [4.78, 5) is 29.6. The fourth-order valence-corrected chi connectivity index (χ4v) is 4.63. The number of carbonyl (C=O) groups excluding carboxylic acids is 2. The van der Waals surface area contributed by atoms with E-state index in [1.807, 2.05) is 59.5 Å². The monoisotopic (exact) mass is 398 g/mol. The topological polar surface area (TPSA) is 49.9 Å². The van der Waals surface area contributed by atoms with Crippen molar-refractivity contribution < 1.29 is 14.3 Å². The van der Waals surface area contributed by atoms with E-state index in [1.54, 1.807) is 0 Å². The Balaban J connectivity index is 1.57. The average Bonchev–Trinajstić information content (AvgIpc) is 3.10. The highest BCUT2D eigenvalue weighted by molar-refractivity contribution is 6.30. The Morgan fingerprint density at radius 3 is 2.54 bits per heavy atom. The zero-order valence-corrected chi connectivity index (χ0v) is 16.5. The number of benzene rings is 2. The molecule has 2 fully saturated rings. The van der Waals surface area contributed by atoms with E-state index in [0.717, 1.165) is 17.7 Å². The fraction of sp³-hybridized carbons (Fsp3) is 0.364. The number of hydrogen-bond donors (Lipinski definition) is 0. The first-order valence-corrected chi connectivity index (χ1v) is 9.85. The van der Waals surface area contributed by atoms with Gasteiger partial charge in [-0.1, -0.05) is 54.1 Å². The van der Waals surface area contributed by atoms with Gasteiger partial charge in [-0.25, -0.2) is 0 Å². The van der Waals surface area contributed by atoms with Crippen LogP contribution in [0.15, 0.2) is 54.6 Å². The molecule has 6 heteroatoms. The number of fused-ring (bicyclic) bond motifs is 1. The van der Waals surface area contributed by atoms with E-state index in [9.17, 15) is 9.59 Å². The van der Waals surface area contributed by atoms with Crippen LogP contribution in [-0.4, -0.2) is 47.9 Å². The summed E-state index contributed by atoms with van der Waals surface area (Å²) in [6.45, 7) is 1.77. The van der Waals surface area contributed by atoms with Crippen molar-refractivity contribution in [2.24, 2.45) is 5.92 Å². The van der Waals surface area contributed by atoms with Crippen molar-refractivity contribution >= 4 is 23.5 Å². The fourth-order valence-electron chi connectivity index (χ4n) is 4.50. The molecule has 28 heavy (non-hydrogen) atoms. The van der Waals surface area contributed by atoms with E-state index in [-0.39, 0.29) is 29.9 Å². The lowest BCUT2D eigenvalue weighted by Crippen LogP contribution is -2.53. The minimum atomic E-state index is -0.336. The quantitative estimate of drug-likeness (QED) is 0.741. The number of hydrogen-bond acceptors (Lipinski definition) is 4. The number of halogens is 1. The van der Waals surface area contributed by atoms with E-state index < -0.39 is 0 Å². The van der Waals surface area contributed by atoms with E-state index in [0.29, 0.717) is 24.5 Å². The highest BCUT2D eigenvalue weighted by Gasteiger charge is 2.50. The molecule has 2 heterocycles. The van der Waals surface area contributed by atoms with Gasteiger partial charge in [-0.2, -0.15) is 0 Å².